The number of anilines is 3. The monoisotopic (exact) mass is 861 g/mol. The highest BCUT2D eigenvalue weighted by Crippen LogP contribution is 2.33. The molecule has 12 nitrogen and oxygen atoms in total. The van der Waals surface area contributed by atoms with Crippen LogP contribution in [0, 0.1) is 0 Å². The Morgan fingerprint density at radius 2 is 1.02 bits per heavy atom. The minimum absolute atomic E-state index is 0.0345. The predicted molar refractivity (Wildman–Crippen MR) is 263 cm³/mol. The van der Waals surface area contributed by atoms with Crippen molar-refractivity contribution < 1.29 is 4.79 Å². The summed E-state index contributed by atoms with van der Waals surface area (Å²) in [6.45, 7) is 7.02. The lowest BCUT2D eigenvalue weighted by molar-refractivity contribution is -0.114. The van der Waals surface area contributed by atoms with Crippen molar-refractivity contribution >= 4 is 23.5 Å². The molecule has 0 aliphatic carbocycles. The number of carbonyl (C=O) groups is 1. The number of rotatable bonds is 16. The molecule has 0 saturated heterocycles. The number of carbonyl (C=O) groups excluding carboxylic acids is 1. The van der Waals surface area contributed by atoms with E-state index in [-0.39, 0.29) is 18.0 Å². The van der Waals surface area contributed by atoms with Gasteiger partial charge in [0, 0.05) is 97.2 Å². The van der Waals surface area contributed by atoms with Crippen LogP contribution in [0.4, 0.5) is 17.6 Å². The van der Waals surface area contributed by atoms with Gasteiger partial charge in [0.1, 0.15) is 0 Å². The molecule has 2 unspecified atom stereocenters. The van der Waals surface area contributed by atoms with Gasteiger partial charge in [-0.1, -0.05) is 111 Å². The Bertz CT molecular complexity index is 2740. The Labute approximate surface area is 381 Å². The molecule has 7 N–H and O–H groups in total. The van der Waals surface area contributed by atoms with E-state index in [4.69, 9.17) is 21.4 Å². The Hall–Kier alpha value is -7.67. The first kappa shape index (κ1) is 45.4. The van der Waals surface area contributed by atoms with Gasteiger partial charge in [0.25, 0.3) is 0 Å². The molecule has 4 heterocycles. The number of nitrogens with one attached hydrogen (secondary N) is 3. The molecule has 0 bridgehead atoms. The number of nitrogens with two attached hydrogens (primary N) is 2. The zero-order valence-corrected chi connectivity index (χ0v) is 37.0. The van der Waals surface area contributed by atoms with Crippen molar-refractivity contribution in [3.63, 3.8) is 0 Å². The predicted octanol–water partition coefficient (Wildman–Crippen LogP) is 9.46. The van der Waals surface area contributed by atoms with Crippen LogP contribution in [0.2, 0.25) is 0 Å². The van der Waals surface area contributed by atoms with Crippen molar-refractivity contribution in [1.29, 1.82) is 0 Å². The summed E-state index contributed by atoms with van der Waals surface area (Å²) in [5, 5.41) is 9.41. The number of amides is 1. The van der Waals surface area contributed by atoms with Crippen LogP contribution in [0.15, 0.2) is 171 Å². The van der Waals surface area contributed by atoms with E-state index < -0.39 is 0 Å². The number of benzene rings is 4. The van der Waals surface area contributed by atoms with Gasteiger partial charge < -0.3 is 27.4 Å². The zero-order chi connectivity index (χ0) is 45.4. The number of nitrogens with zero attached hydrogens (tertiary/aromatic N) is 6. The number of hydrogen-bond acceptors (Lipinski definition) is 11. The fourth-order valence-electron chi connectivity index (χ4n) is 7.27. The SMILES string of the molecule is CC(=O)Nc1cccc(-c2cnc(NCC(N)Cc3ccccc3)nc2-c2ccncc2)c1.CC(C)c1cccc(-c2cnc(NCC(N)Cc3ccccc3)nc2-c2ccncc2)c1. The molecule has 0 fully saturated rings. The second-order valence-electron chi connectivity index (χ2n) is 16.1. The Balaban J connectivity index is 0.000000194. The van der Waals surface area contributed by atoms with E-state index >= 15 is 0 Å². The summed E-state index contributed by atoms with van der Waals surface area (Å²) in [6, 6.07) is 44.3. The van der Waals surface area contributed by atoms with Crippen LogP contribution >= 0.6 is 0 Å². The minimum Gasteiger partial charge on any atom is -0.353 e. The molecule has 328 valence electrons. The Morgan fingerprint density at radius 1 is 0.554 bits per heavy atom. The first-order chi connectivity index (χ1) is 31.7. The molecular formula is C53H55N11O. The van der Waals surface area contributed by atoms with Gasteiger partial charge in [-0.3, -0.25) is 14.8 Å². The normalized spacial score (nSPS) is 11.8. The van der Waals surface area contributed by atoms with Crippen LogP contribution in [0.3, 0.4) is 0 Å². The van der Waals surface area contributed by atoms with Crippen LogP contribution in [0.25, 0.3) is 44.8 Å². The fourth-order valence-corrected chi connectivity index (χ4v) is 7.27. The minimum atomic E-state index is -0.121. The molecule has 1 amide bonds. The van der Waals surface area contributed by atoms with E-state index in [1.807, 2.05) is 91.1 Å². The van der Waals surface area contributed by atoms with Crippen molar-refractivity contribution in [1.82, 2.24) is 29.9 Å². The smallest absolute Gasteiger partial charge is 0.223 e. The average Bonchev–Trinajstić information content (AvgIpc) is 3.34. The van der Waals surface area contributed by atoms with Crippen LogP contribution < -0.4 is 27.4 Å². The second kappa shape index (κ2) is 22.6. The summed E-state index contributed by atoms with van der Waals surface area (Å²) in [5.41, 5.74) is 24.5. The van der Waals surface area contributed by atoms with Gasteiger partial charge in [-0.05, 0) is 83.0 Å². The van der Waals surface area contributed by atoms with Crippen LogP contribution in [0.5, 0.6) is 0 Å². The molecule has 8 rings (SSSR count). The number of pyridine rings is 2. The first-order valence-electron chi connectivity index (χ1n) is 21.8. The summed E-state index contributed by atoms with van der Waals surface area (Å²) in [4.78, 5) is 38.5. The molecule has 12 heteroatoms. The maximum Gasteiger partial charge on any atom is 0.223 e. The third kappa shape index (κ3) is 13.2. The van der Waals surface area contributed by atoms with E-state index in [0.29, 0.717) is 30.9 Å². The van der Waals surface area contributed by atoms with Crippen LogP contribution in [-0.2, 0) is 17.6 Å². The fraction of sp³-hybridized carbons (Fsp3) is 0.189. The topological polar surface area (TPSA) is 183 Å². The lowest BCUT2D eigenvalue weighted by atomic mass is 9.96. The molecular weight excluding hydrogens is 807 g/mol. The van der Waals surface area contributed by atoms with Crippen LogP contribution in [-0.4, -0.2) is 61.0 Å². The van der Waals surface area contributed by atoms with Gasteiger partial charge >= 0.3 is 0 Å². The van der Waals surface area contributed by atoms with Gasteiger partial charge in [0.05, 0.1) is 11.4 Å². The van der Waals surface area contributed by atoms with Gasteiger partial charge in [0.15, 0.2) is 0 Å². The Morgan fingerprint density at radius 3 is 1.48 bits per heavy atom. The standard InChI is InChI=1S/C27H29N5.C26H26N6O/c1-19(2)22-9-6-10-23(16-22)25-18-31-27(32-26(25)21-11-13-29-14-12-21)30-17-24(28)15-20-7-4-3-5-8-20;1-18(33)31-23-9-5-8-21(15-23)24-17-30-26(32-25(24)20-10-12-28-13-11-20)29-16-22(27)14-19-6-3-2-4-7-19/h3-14,16,18-19,24H,15,17,28H2,1-2H3,(H,30,31,32);2-13,15,17,22H,14,16,27H2,1H3,(H,31,33)(H,29,30,32). The van der Waals surface area contributed by atoms with E-state index in [9.17, 15) is 4.79 Å². The maximum absolute atomic E-state index is 11.5. The zero-order valence-electron chi connectivity index (χ0n) is 37.0. The number of hydrogen-bond donors (Lipinski definition) is 5. The van der Waals surface area contributed by atoms with Crippen molar-refractivity contribution in [3.05, 3.63) is 187 Å². The molecule has 0 aliphatic rings. The van der Waals surface area contributed by atoms with Gasteiger partial charge in [0.2, 0.25) is 17.8 Å². The van der Waals surface area contributed by atoms with E-state index in [1.54, 1.807) is 31.0 Å². The quantitative estimate of drug-likeness (QED) is 0.0624. The maximum atomic E-state index is 11.5. The van der Waals surface area contributed by atoms with E-state index in [0.717, 1.165) is 63.3 Å². The van der Waals surface area contributed by atoms with Gasteiger partial charge in [-0.25, -0.2) is 19.9 Å². The molecule has 2 atom stereocenters. The highest BCUT2D eigenvalue weighted by Gasteiger charge is 2.16. The largest absolute Gasteiger partial charge is 0.353 e. The molecule has 0 saturated carbocycles. The van der Waals surface area contributed by atoms with Crippen molar-refractivity contribution in [3.8, 4) is 44.8 Å². The van der Waals surface area contributed by atoms with Crippen LogP contribution in [0.1, 0.15) is 43.4 Å². The molecule has 0 aliphatic heterocycles. The summed E-state index contributed by atoms with van der Waals surface area (Å²) in [6.07, 6.45) is 12.3. The first-order valence-corrected chi connectivity index (χ1v) is 21.8. The molecule has 0 spiro atoms. The lowest BCUT2D eigenvalue weighted by Crippen LogP contribution is -2.31. The lowest BCUT2D eigenvalue weighted by Gasteiger charge is -2.15. The molecule has 0 radical (unpaired) electrons. The van der Waals surface area contributed by atoms with Crippen molar-refractivity contribution in [2.24, 2.45) is 11.5 Å². The molecule has 4 aromatic carbocycles. The number of aromatic nitrogens is 6. The Kier molecular flexibility index (Phi) is 15.8. The van der Waals surface area contributed by atoms with E-state index in [2.05, 4.69) is 98.3 Å². The van der Waals surface area contributed by atoms with Crippen molar-refractivity contribution in [2.75, 3.05) is 29.0 Å². The summed E-state index contributed by atoms with van der Waals surface area (Å²) in [5.74, 6) is 1.41. The van der Waals surface area contributed by atoms with Gasteiger partial charge in [-0.2, -0.15) is 0 Å². The molecule has 8 aromatic rings. The van der Waals surface area contributed by atoms with Crippen molar-refractivity contribution in [2.45, 2.75) is 51.6 Å². The second-order valence-corrected chi connectivity index (χ2v) is 16.1. The highest BCUT2D eigenvalue weighted by molar-refractivity contribution is 5.90. The highest BCUT2D eigenvalue weighted by atomic mass is 16.1. The molecule has 65 heavy (non-hydrogen) atoms. The third-order valence-electron chi connectivity index (χ3n) is 10.6. The summed E-state index contributed by atoms with van der Waals surface area (Å²) in [7, 11) is 0. The van der Waals surface area contributed by atoms with E-state index in [1.165, 1.54) is 23.6 Å². The third-order valence-corrected chi connectivity index (χ3v) is 10.6. The molecule has 4 aromatic heterocycles. The van der Waals surface area contributed by atoms with Gasteiger partial charge in [-0.15, -0.1) is 0 Å². The summed E-state index contributed by atoms with van der Waals surface area (Å²) >= 11 is 0. The summed E-state index contributed by atoms with van der Waals surface area (Å²) < 4.78 is 0. The average molecular weight is 862 g/mol.